The standard InChI is InChI=1S/C10H10Br2/c1-3-5-6-7-8-9(4-2)10(11)12/h2H,3,5-6H2,1H3. The first-order valence-corrected chi connectivity index (χ1v) is 5.31. The normalized spacial score (nSPS) is 7.83. The van der Waals surface area contributed by atoms with Crippen LogP contribution in [0.2, 0.25) is 0 Å². The Morgan fingerprint density at radius 3 is 2.50 bits per heavy atom. The van der Waals surface area contributed by atoms with Gasteiger partial charge in [-0.15, -0.1) is 6.42 Å². The van der Waals surface area contributed by atoms with E-state index >= 15 is 0 Å². The van der Waals surface area contributed by atoms with Gasteiger partial charge in [0, 0.05) is 6.42 Å². The number of hydrogen-bond donors (Lipinski definition) is 0. The highest BCUT2D eigenvalue weighted by molar-refractivity contribution is 9.28. The van der Waals surface area contributed by atoms with Gasteiger partial charge in [-0.25, -0.2) is 0 Å². The molecule has 0 bridgehead atoms. The molecule has 0 aliphatic heterocycles. The van der Waals surface area contributed by atoms with Crippen molar-refractivity contribution in [1.29, 1.82) is 0 Å². The summed E-state index contributed by atoms with van der Waals surface area (Å²) >= 11 is 6.44. The van der Waals surface area contributed by atoms with Gasteiger partial charge in [0.1, 0.15) is 0 Å². The third-order valence-corrected chi connectivity index (χ3v) is 2.00. The second kappa shape index (κ2) is 7.47. The molecule has 12 heavy (non-hydrogen) atoms. The van der Waals surface area contributed by atoms with Gasteiger partial charge >= 0.3 is 0 Å². The summed E-state index contributed by atoms with van der Waals surface area (Å²) in [6.07, 6.45) is 8.43. The summed E-state index contributed by atoms with van der Waals surface area (Å²) in [6.45, 7) is 2.14. The first-order valence-electron chi connectivity index (χ1n) is 3.73. The monoisotopic (exact) mass is 288 g/mol. The predicted molar refractivity (Wildman–Crippen MR) is 61.0 cm³/mol. The number of hydrogen-bond acceptors (Lipinski definition) is 0. The fourth-order valence-electron chi connectivity index (χ4n) is 0.554. The van der Waals surface area contributed by atoms with Gasteiger partial charge in [-0.3, -0.25) is 0 Å². The molecule has 64 valence electrons. The summed E-state index contributed by atoms with van der Waals surface area (Å²) in [5.41, 5.74) is 0.672. The minimum Gasteiger partial charge on any atom is -0.114 e. The number of halogens is 2. The highest BCUT2D eigenvalue weighted by Crippen LogP contribution is 2.17. The lowest BCUT2D eigenvalue weighted by Gasteiger charge is -1.87. The fourth-order valence-corrected chi connectivity index (χ4v) is 0.981. The average Bonchev–Trinajstić information content (AvgIpc) is 2.04. The largest absolute Gasteiger partial charge is 0.114 e. The molecule has 0 N–H and O–H groups in total. The smallest absolute Gasteiger partial charge is 0.0953 e. The third-order valence-electron chi connectivity index (χ3n) is 1.20. The van der Waals surface area contributed by atoms with E-state index in [1.165, 1.54) is 6.42 Å². The highest BCUT2D eigenvalue weighted by Gasteiger charge is 1.90. The summed E-state index contributed by atoms with van der Waals surface area (Å²) in [4.78, 5) is 0. The number of allylic oxidation sites excluding steroid dienone is 1. The van der Waals surface area contributed by atoms with Crippen molar-refractivity contribution in [3.05, 3.63) is 8.96 Å². The Bertz CT molecular complexity index is 254. The van der Waals surface area contributed by atoms with Crippen LogP contribution in [0, 0.1) is 24.2 Å². The van der Waals surface area contributed by atoms with Crippen molar-refractivity contribution in [2.45, 2.75) is 26.2 Å². The maximum atomic E-state index is 5.22. The minimum absolute atomic E-state index is 0.672. The number of unbranched alkanes of at least 4 members (excludes halogenated alkanes) is 2. The van der Waals surface area contributed by atoms with Gasteiger partial charge in [0.05, 0.1) is 8.96 Å². The Kier molecular flexibility index (Phi) is 7.36. The first-order chi connectivity index (χ1) is 5.72. The molecule has 0 radical (unpaired) electrons. The lowest BCUT2D eigenvalue weighted by Crippen LogP contribution is -1.73. The molecule has 0 saturated heterocycles. The van der Waals surface area contributed by atoms with E-state index in [-0.39, 0.29) is 0 Å². The van der Waals surface area contributed by atoms with E-state index in [0.29, 0.717) is 5.57 Å². The van der Waals surface area contributed by atoms with Crippen molar-refractivity contribution in [3.8, 4) is 24.2 Å². The van der Waals surface area contributed by atoms with Gasteiger partial charge in [0.25, 0.3) is 0 Å². The molecule has 2 heteroatoms. The Labute approximate surface area is 91.1 Å². The number of terminal acetylenes is 1. The molecule has 0 spiro atoms. The molecule has 0 fully saturated rings. The van der Waals surface area contributed by atoms with Crippen molar-refractivity contribution in [2.24, 2.45) is 0 Å². The summed E-state index contributed by atoms with van der Waals surface area (Å²) in [7, 11) is 0. The van der Waals surface area contributed by atoms with Crippen LogP contribution in [0.25, 0.3) is 0 Å². The molecule has 0 nitrogen and oxygen atoms in total. The zero-order valence-electron chi connectivity index (χ0n) is 6.95. The number of rotatable bonds is 2. The van der Waals surface area contributed by atoms with E-state index in [0.717, 1.165) is 16.2 Å². The van der Waals surface area contributed by atoms with Crippen molar-refractivity contribution in [2.75, 3.05) is 0 Å². The molecule has 0 aromatic heterocycles. The second-order valence-corrected chi connectivity index (χ2v) is 4.84. The van der Waals surface area contributed by atoms with E-state index in [4.69, 9.17) is 6.42 Å². The van der Waals surface area contributed by atoms with Gasteiger partial charge in [0.15, 0.2) is 0 Å². The quantitative estimate of drug-likeness (QED) is 0.536. The van der Waals surface area contributed by atoms with Crippen molar-refractivity contribution in [3.63, 3.8) is 0 Å². The van der Waals surface area contributed by atoms with Gasteiger partial charge in [-0.2, -0.15) is 0 Å². The van der Waals surface area contributed by atoms with E-state index in [2.05, 4.69) is 56.5 Å². The van der Waals surface area contributed by atoms with Crippen LogP contribution in [-0.2, 0) is 0 Å². The second-order valence-electron chi connectivity index (χ2n) is 2.19. The molecule has 0 atom stereocenters. The Morgan fingerprint density at radius 2 is 2.08 bits per heavy atom. The summed E-state index contributed by atoms with van der Waals surface area (Å²) in [5.74, 6) is 8.40. The molecule has 0 unspecified atom stereocenters. The van der Waals surface area contributed by atoms with Crippen LogP contribution >= 0.6 is 31.9 Å². The van der Waals surface area contributed by atoms with Crippen molar-refractivity contribution >= 4 is 31.9 Å². The maximum absolute atomic E-state index is 5.22. The Morgan fingerprint density at radius 1 is 1.42 bits per heavy atom. The average molecular weight is 290 g/mol. The lowest BCUT2D eigenvalue weighted by atomic mass is 10.2. The molecule has 0 saturated carbocycles. The molecular formula is C10H10Br2. The molecule has 0 rings (SSSR count). The minimum atomic E-state index is 0.672. The van der Waals surface area contributed by atoms with Crippen LogP contribution in [0.4, 0.5) is 0 Å². The topological polar surface area (TPSA) is 0 Å². The zero-order chi connectivity index (χ0) is 9.40. The van der Waals surface area contributed by atoms with Crippen LogP contribution in [0.5, 0.6) is 0 Å². The van der Waals surface area contributed by atoms with Gasteiger partial charge < -0.3 is 0 Å². The van der Waals surface area contributed by atoms with Crippen LogP contribution in [0.15, 0.2) is 8.96 Å². The van der Waals surface area contributed by atoms with Crippen LogP contribution in [0.1, 0.15) is 26.2 Å². The van der Waals surface area contributed by atoms with Crippen LogP contribution in [0.3, 0.4) is 0 Å². The van der Waals surface area contributed by atoms with E-state index in [9.17, 15) is 0 Å². The van der Waals surface area contributed by atoms with E-state index in [1.807, 2.05) is 0 Å². The van der Waals surface area contributed by atoms with Crippen molar-refractivity contribution < 1.29 is 0 Å². The molecule has 0 aliphatic carbocycles. The molecule has 0 aromatic carbocycles. The Hall–Kier alpha value is -0.180. The van der Waals surface area contributed by atoms with Gasteiger partial charge in [0.2, 0.25) is 0 Å². The Balaban J connectivity index is 4.11. The maximum Gasteiger partial charge on any atom is 0.0953 e. The lowest BCUT2D eigenvalue weighted by molar-refractivity contribution is 0.828. The predicted octanol–water partition coefficient (Wildman–Crippen LogP) is 3.81. The van der Waals surface area contributed by atoms with Crippen molar-refractivity contribution in [1.82, 2.24) is 0 Å². The van der Waals surface area contributed by atoms with Gasteiger partial charge in [-0.1, -0.05) is 31.1 Å². The van der Waals surface area contributed by atoms with Crippen LogP contribution in [-0.4, -0.2) is 0 Å². The summed E-state index contributed by atoms with van der Waals surface area (Å²) < 4.78 is 0.751. The fraction of sp³-hybridized carbons (Fsp3) is 0.400. The molecule has 0 amide bonds. The molecule has 0 heterocycles. The molecule has 0 aliphatic rings. The first kappa shape index (κ1) is 11.8. The highest BCUT2D eigenvalue weighted by atomic mass is 79.9. The summed E-state index contributed by atoms with van der Waals surface area (Å²) in [6, 6.07) is 0. The van der Waals surface area contributed by atoms with Gasteiger partial charge in [-0.05, 0) is 38.3 Å². The zero-order valence-corrected chi connectivity index (χ0v) is 10.1. The SMILES string of the molecule is C#CC(C#CCCCC)=C(Br)Br. The van der Waals surface area contributed by atoms with Crippen LogP contribution < -0.4 is 0 Å². The third kappa shape index (κ3) is 5.47. The molecule has 0 aromatic rings. The summed E-state index contributed by atoms with van der Waals surface area (Å²) in [5, 5.41) is 0. The van der Waals surface area contributed by atoms with E-state index in [1.54, 1.807) is 0 Å². The van der Waals surface area contributed by atoms with E-state index < -0.39 is 0 Å². The molecular weight excluding hydrogens is 280 g/mol.